The summed E-state index contributed by atoms with van der Waals surface area (Å²) in [6, 6.07) is 0. The molecule has 0 aliphatic carbocycles. The van der Waals surface area contributed by atoms with Crippen LogP contribution in [0.4, 0.5) is 0 Å². The summed E-state index contributed by atoms with van der Waals surface area (Å²) in [6.45, 7) is 3.04. The Morgan fingerprint density at radius 2 is 2.00 bits per heavy atom. The Bertz CT molecular complexity index is 373. The van der Waals surface area contributed by atoms with Gasteiger partial charge >= 0.3 is 5.97 Å². The highest BCUT2D eigenvalue weighted by molar-refractivity contribution is 7.90. The number of sulfone groups is 1. The van der Waals surface area contributed by atoms with Gasteiger partial charge in [-0.25, -0.2) is 8.42 Å². The van der Waals surface area contributed by atoms with Crippen molar-refractivity contribution in [3.8, 4) is 0 Å². The molecule has 0 aliphatic heterocycles. The van der Waals surface area contributed by atoms with E-state index in [2.05, 4.69) is 6.58 Å². The molecule has 0 bridgehead atoms. The van der Waals surface area contributed by atoms with Crippen molar-refractivity contribution in [2.75, 3.05) is 25.1 Å². The first kappa shape index (κ1) is 14.6. The molecule has 92 valence electrons. The molecule has 0 aromatic heterocycles. The van der Waals surface area contributed by atoms with Gasteiger partial charge in [-0.1, -0.05) is 6.08 Å². The second-order valence-corrected chi connectivity index (χ2v) is 5.60. The van der Waals surface area contributed by atoms with Crippen LogP contribution in [-0.2, 0) is 19.4 Å². The second kappa shape index (κ2) is 6.26. The topological polar surface area (TPSA) is 91.8 Å². The van der Waals surface area contributed by atoms with Crippen molar-refractivity contribution < 1.29 is 23.1 Å². The van der Waals surface area contributed by atoms with Crippen molar-refractivity contribution in [2.45, 2.75) is 6.42 Å². The molecular formula is C9H15NO5S. The molecule has 0 unspecified atom stereocenters. The lowest BCUT2D eigenvalue weighted by molar-refractivity contribution is -0.143. The number of carboxylic acids is 1. The molecule has 0 radical (unpaired) electrons. The molecule has 0 heterocycles. The van der Waals surface area contributed by atoms with Crippen LogP contribution in [0.1, 0.15) is 6.42 Å². The average Bonchev–Trinajstić information content (AvgIpc) is 2.11. The van der Waals surface area contributed by atoms with Crippen molar-refractivity contribution in [2.24, 2.45) is 0 Å². The highest BCUT2D eigenvalue weighted by Gasteiger charge is 2.16. The van der Waals surface area contributed by atoms with Gasteiger partial charge in [-0.15, -0.1) is 6.58 Å². The standard InChI is InChI=1S/C9H15NO5S/c1-3-5-10(7-9(12)13)8(11)4-6-16(2,14)15/h3H,1,4-7H2,2H3,(H,12,13). The van der Waals surface area contributed by atoms with E-state index in [1.807, 2.05) is 0 Å². The lowest BCUT2D eigenvalue weighted by atomic mass is 10.3. The summed E-state index contributed by atoms with van der Waals surface area (Å²) in [6.07, 6.45) is 2.20. The molecule has 0 aliphatic rings. The van der Waals surface area contributed by atoms with Gasteiger partial charge in [-0.05, 0) is 0 Å². The van der Waals surface area contributed by atoms with Crippen molar-refractivity contribution in [3.63, 3.8) is 0 Å². The van der Waals surface area contributed by atoms with Crippen LogP contribution in [0.15, 0.2) is 12.7 Å². The molecule has 7 heteroatoms. The fourth-order valence-electron chi connectivity index (χ4n) is 1.00. The number of aliphatic carboxylic acids is 1. The van der Waals surface area contributed by atoms with Gasteiger partial charge in [0.1, 0.15) is 16.4 Å². The zero-order valence-electron chi connectivity index (χ0n) is 9.05. The van der Waals surface area contributed by atoms with E-state index in [1.165, 1.54) is 6.08 Å². The number of nitrogens with zero attached hydrogens (tertiary/aromatic N) is 1. The lowest BCUT2D eigenvalue weighted by Crippen LogP contribution is -2.36. The van der Waals surface area contributed by atoms with Crippen LogP contribution in [0, 0.1) is 0 Å². The molecule has 0 aromatic rings. The quantitative estimate of drug-likeness (QED) is 0.615. The van der Waals surface area contributed by atoms with E-state index >= 15 is 0 Å². The first-order chi connectivity index (χ1) is 7.26. The summed E-state index contributed by atoms with van der Waals surface area (Å²) >= 11 is 0. The Hall–Kier alpha value is -1.37. The molecule has 0 aromatic carbocycles. The Kier molecular flexibility index (Phi) is 5.73. The fourth-order valence-corrected chi connectivity index (χ4v) is 1.55. The van der Waals surface area contributed by atoms with E-state index in [4.69, 9.17) is 5.11 Å². The van der Waals surface area contributed by atoms with E-state index < -0.39 is 28.3 Å². The Morgan fingerprint density at radius 1 is 1.44 bits per heavy atom. The minimum Gasteiger partial charge on any atom is -0.480 e. The van der Waals surface area contributed by atoms with Crippen molar-refractivity contribution in [3.05, 3.63) is 12.7 Å². The summed E-state index contributed by atoms with van der Waals surface area (Å²) in [7, 11) is -3.22. The van der Waals surface area contributed by atoms with Gasteiger partial charge in [-0.3, -0.25) is 9.59 Å². The van der Waals surface area contributed by atoms with Crippen LogP contribution in [0.5, 0.6) is 0 Å². The smallest absolute Gasteiger partial charge is 0.323 e. The fraction of sp³-hybridized carbons (Fsp3) is 0.556. The number of carbonyl (C=O) groups excluding carboxylic acids is 1. The molecule has 0 rings (SSSR count). The zero-order valence-corrected chi connectivity index (χ0v) is 9.87. The minimum atomic E-state index is -3.22. The Morgan fingerprint density at radius 3 is 2.38 bits per heavy atom. The number of carboxylic acid groups (broad SMARTS) is 1. The number of hydrogen-bond acceptors (Lipinski definition) is 4. The largest absolute Gasteiger partial charge is 0.480 e. The van der Waals surface area contributed by atoms with Crippen LogP contribution in [0.3, 0.4) is 0 Å². The third kappa shape index (κ3) is 6.99. The van der Waals surface area contributed by atoms with Gasteiger partial charge in [0, 0.05) is 19.2 Å². The van der Waals surface area contributed by atoms with Crippen molar-refractivity contribution in [1.29, 1.82) is 0 Å². The van der Waals surface area contributed by atoms with E-state index in [-0.39, 0.29) is 18.7 Å². The predicted octanol–water partition coefficient (Wildman–Crippen LogP) is -0.480. The summed E-state index contributed by atoms with van der Waals surface area (Å²) in [5.74, 6) is -1.93. The van der Waals surface area contributed by atoms with Crippen LogP contribution in [0.2, 0.25) is 0 Å². The van der Waals surface area contributed by atoms with E-state index in [1.54, 1.807) is 0 Å². The molecular weight excluding hydrogens is 234 g/mol. The van der Waals surface area contributed by atoms with Crippen molar-refractivity contribution >= 4 is 21.7 Å². The summed E-state index contributed by atoms with van der Waals surface area (Å²) in [5, 5.41) is 8.54. The molecule has 0 saturated carbocycles. The first-order valence-corrected chi connectivity index (χ1v) is 6.60. The van der Waals surface area contributed by atoms with Gasteiger partial charge < -0.3 is 10.0 Å². The number of carbonyl (C=O) groups is 2. The van der Waals surface area contributed by atoms with Crippen molar-refractivity contribution in [1.82, 2.24) is 4.90 Å². The van der Waals surface area contributed by atoms with Gasteiger partial charge in [0.2, 0.25) is 5.91 Å². The zero-order chi connectivity index (χ0) is 12.8. The maximum Gasteiger partial charge on any atom is 0.323 e. The Labute approximate surface area is 94.5 Å². The van der Waals surface area contributed by atoms with Gasteiger partial charge in [-0.2, -0.15) is 0 Å². The van der Waals surface area contributed by atoms with E-state index in [0.717, 1.165) is 11.2 Å². The summed E-state index contributed by atoms with van der Waals surface area (Å²) in [5.41, 5.74) is 0. The molecule has 0 fully saturated rings. The maximum absolute atomic E-state index is 11.5. The highest BCUT2D eigenvalue weighted by atomic mass is 32.2. The molecule has 6 nitrogen and oxygen atoms in total. The summed E-state index contributed by atoms with van der Waals surface area (Å²) < 4.78 is 21.7. The number of hydrogen-bond donors (Lipinski definition) is 1. The maximum atomic E-state index is 11.5. The highest BCUT2D eigenvalue weighted by Crippen LogP contribution is 1.98. The number of rotatable bonds is 7. The average molecular weight is 249 g/mol. The minimum absolute atomic E-state index is 0.0922. The number of amides is 1. The van der Waals surface area contributed by atoms with Crippen LogP contribution in [0.25, 0.3) is 0 Å². The summed E-state index contributed by atoms with van der Waals surface area (Å²) in [4.78, 5) is 23.0. The molecule has 16 heavy (non-hydrogen) atoms. The first-order valence-electron chi connectivity index (χ1n) is 4.54. The molecule has 0 saturated heterocycles. The molecule has 0 atom stereocenters. The van der Waals surface area contributed by atoms with Crippen LogP contribution >= 0.6 is 0 Å². The van der Waals surface area contributed by atoms with Gasteiger partial charge in [0.05, 0.1) is 5.75 Å². The predicted molar refractivity (Wildman–Crippen MR) is 58.7 cm³/mol. The SMILES string of the molecule is C=CCN(CC(=O)O)C(=O)CCS(C)(=O)=O. The van der Waals surface area contributed by atoms with Crippen LogP contribution < -0.4 is 0 Å². The monoisotopic (exact) mass is 249 g/mol. The molecule has 1 amide bonds. The van der Waals surface area contributed by atoms with E-state index in [9.17, 15) is 18.0 Å². The lowest BCUT2D eigenvalue weighted by Gasteiger charge is -2.18. The Balaban J connectivity index is 4.38. The normalized spacial score (nSPS) is 10.8. The van der Waals surface area contributed by atoms with E-state index in [0.29, 0.717) is 0 Å². The third-order valence-corrected chi connectivity index (χ3v) is 2.66. The molecule has 1 N–H and O–H groups in total. The second-order valence-electron chi connectivity index (χ2n) is 3.34. The van der Waals surface area contributed by atoms with Gasteiger partial charge in [0.15, 0.2) is 0 Å². The van der Waals surface area contributed by atoms with Crippen LogP contribution in [-0.4, -0.2) is 55.4 Å². The molecule has 0 spiro atoms. The van der Waals surface area contributed by atoms with Gasteiger partial charge in [0.25, 0.3) is 0 Å². The third-order valence-electron chi connectivity index (χ3n) is 1.72.